The molecule has 4 nitrogen and oxygen atoms in total. The van der Waals surface area contributed by atoms with E-state index in [1.54, 1.807) is 36.0 Å². The van der Waals surface area contributed by atoms with Crippen LogP contribution in [0.2, 0.25) is 0 Å². The molecule has 1 aromatic rings. The van der Waals surface area contributed by atoms with Crippen molar-refractivity contribution < 1.29 is 18.3 Å². The van der Waals surface area contributed by atoms with Gasteiger partial charge in [0.05, 0.1) is 23.4 Å². The lowest BCUT2D eigenvalue weighted by Crippen LogP contribution is -2.36. The number of ether oxygens (including phenoxy) is 1. The Labute approximate surface area is 118 Å². The Balaban J connectivity index is 2.12. The van der Waals surface area contributed by atoms with Crippen molar-refractivity contribution in [2.24, 2.45) is 5.92 Å². The number of rotatable bonds is 4. The second-order valence-corrected chi connectivity index (χ2v) is 7.56. The summed E-state index contributed by atoms with van der Waals surface area (Å²) in [5, 5.41) is 9.77. The maximum atomic E-state index is 12.3. The van der Waals surface area contributed by atoms with Gasteiger partial charge >= 0.3 is 0 Å². The smallest absolute Gasteiger partial charge is 0.178 e. The third-order valence-electron chi connectivity index (χ3n) is 3.32. The average molecular weight is 302 g/mol. The van der Waals surface area contributed by atoms with Crippen LogP contribution in [0.25, 0.3) is 0 Å². The van der Waals surface area contributed by atoms with E-state index in [4.69, 9.17) is 4.74 Å². The van der Waals surface area contributed by atoms with Crippen LogP contribution in [0.3, 0.4) is 0 Å². The lowest BCUT2D eigenvalue weighted by molar-refractivity contribution is -0.0370. The van der Waals surface area contributed by atoms with Gasteiger partial charge in [0.15, 0.2) is 9.84 Å². The molecule has 2 atom stereocenters. The number of thioether (sulfide) groups is 1. The molecular formula is C13H18O4S2. The molecule has 0 spiro atoms. The predicted molar refractivity (Wildman–Crippen MR) is 75.2 cm³/mol. The number of aliphatic hydroxyl groups is 1. The molecule has 19 heavy (non-hydrogen) atoms. The van der Waals surface area contributed by atoms with Crippen molar-refractivity contribution in [3.8, 4) is 0 Å². The van der Waals surface area contributed by atoms with Crippen molar-refractivity contribution in [1.82, 2.24) is 0 Å². The van der Waals surface area contributed by atoms with E-state index in [1.165, 1.54) is 0 Å². The number of hydrogen-bond donors (Lipinski definition) is 1. The second kappa shape index (κ2) is 6.26. The zero-order valence-electron chi connectivity index (χ0n) is 10.8. The Bertz CT molecular complexity index is 510. The summed E-state index contributed by atoms with van der Waals surface area (Å²) in [6, 6.07) is 6.87. The van der Waals surface area contributed by atoms with Crippen molar-refractivity contribution in [3.05, 3.63) is 24.3 Å². The fourth-order valence-electron chi connectivity index (χ4n) is 2.12. The minimum atomic E-state index is -3.34. The van der Waals surface area contributed by atoms with Gasteiger partial charge < -0.3 is 9.84 Å². The molecule has 0 bridgehead atoms. The van der Waals surface area contributed by atoms with Gasteiger partial charge in [0.2, 0.25) is 0 Å². The highest BCUT2D eigenvalue weighted by atomic mass is 32.2. The van der Waals surface area contributed by atoms with Crippen LogP contribution in [0.5, 0.6) is 0 Å². The van der Waals surface area contributed by atoms with Crippen LogP contribution in [0, 0.1) is 5.92 Å². The van der Waals surface area contributed by atoms with Gasteiger partial charge in [0.1, 0.15) is 0 Å². The Morgan fingerprint density at radius 2 is 2.05 bits per heavy atom. The Kier molecular flexibility index (Phi) is 4.89. The molecule has 1 fully saturated rings. The van der Waals surface area contributed by atoms with Gasteiger partial charge in [-0.1, -0.05) is 0 Å². The van der Waals surface area contributed by atoms with Gasteiger partial charge in [-0.15, -0.1) is 11.8 Å². The second-order valence-electron chi connectivity index (χ2n) is 4.65. The maximum Gasteiger partial charge on any atom is 0.178 e. The monoisotopic (exact) mass is 302 g/mol. The lowest BCUT2D eigenvalue weighted by atomic mass is 10.00. The number of aliphatic hydroxyl groups excluding tert-OH is 1. The molecule has 0 unspecified atom stereocenters. The average Bonchev–Trinajstić information content (AvgIpc) is 2.41. The summed E-state index contributed by atoms with van der Waals surface area (Å²) in [7, 11) is -3.34. The zero-order valence-corrected chi connectivity index (χ0v) is 12.4. The van der Waals surface area contributed by atoms with Gasteiger partial charge in [-0.2, -0.15) is 0 Å². The topological polar surface area (TPSA) is 63.6 Å². The molecule has 0 amide bonds. The fraction of sp³-hybridized carbons (Fsp3) is 0.538. The summed E-state index contributed by atoms with van der Waals surface area (Å²) in [5.74, 6) is -0.255. The first-order valence-electron chi connectivity index (χ1n) is 6.15. The van der Waals surface area contributed by atoms with Gasteiger partial charge in [-0.05, 0) is 36.9 Å². The van der Waals surface area contributed by atoms with Crippen LogP contribution in [0.4, 0.5) is 0 Å². The molecule has 0 saturated carbocycles. The van der Waals surface area contributed by atoms with Gasteiger partial charge in [0.25, 0.3) is 0 Å². The van der Waals surface area contributed by atoms with E-state index in [9.17, 15) is 13.5 Å². The van der Waals surface area contributed by atoms with Crippen molar-refractivity contribution in [1.29, 1.82) is 0 Å². The number of sulfone groups is 1. The molecule has 1 saturated heterocycles. The van der Waals surface area contributed by atoms with E-state index < -0.39 is 15.9 Å². The molecule has 1 N–H and O–H groups in total. The highest BCUT2D eigenvalue weighted by molar-refractivity contribution is 7.98. The molecule has 0 aliphatic carbocycles. The van der Waals surface area contributed by atoms with Crippen molar-refractivity contribution >= 4 is 21.6 Å². The molecule has 106 valence electrons. The van der Waals surface area contributed by atoms with E-state index in [1.807, 2.05) is 6.26 Å². The van der Waals surface area contributed by atoms with E-state index in [0.717, 1.165) is 4.90 Å². The van der Waals surface area contributed by atoms with Gasteiger partial charge in [-0.3, -0.25) is 0 Å². The molecule has 1 aliphatic rings. The van der Waals surface area contributed by atoms with Crippen LogP contribution in [0.1, 0.15) is 6.42 Å². The molecule has 1 aromatic carbocycles. The normalized spacial score (nSPS) is 24.3. The Hall–Kier alpha value is -0.560. The van der Waals surface area contributed by atoms with Crippen LogP contribution in [0.15, 0.2) is 34.1 Å². The standard InChI is InChI=1S/C13H18O4S2/c1-18-11-2-4-12(5-3-11)19(15,16)9-10-6-7-17-8-13(10)14/h2-5,10,13-14H,6-9H2,1H3/t10-,13-/m1/s1. The Morgan fingerprint density at radius 1 is 1.37 bits per heavy atom. The third-order valence-corrected chi connectivity index (χ3v) is 5.92. The zero-order chi connectivity index (χ0) is 13.9. The minimum Gasteiger partial charge on any atom is -0.390 e. The Morgan fingerprint density at radius 3 is 2.63 bits per heavy atom. The van der Waals surface area contributed by atoms with E-state index in [-0.39, 0.29) is 18.3 Å². The summed E-state index contributed by atoms with van der Waals surface area (Å²) in [5.41, 5.74) is 0. The number of benzene rings is 1. The minimum absolute atomic E-state index is 0.0177. The summed E-state index contributed by atoms with van der Waals surface area (Å²) >= 11 is 1.57. The highest BCUT2D eigenvalue weighted by Gasteiger charge is 2.29. The number of hydrogen-bond acceptors (Lipinski definition) is 5. The highest BCUT2D eigenvalue weighted by Crippen LogP contribution is 2.23. The van der Waals surface area contributed by atoms with Gasteiger partial charge in [-0.25, -0.2) is 8.42 Å². The largest absolute Gasteiger partial charge is 0.390 e. The van der Waals surface area contributed by atoms with Gasteiger partial charge in [0, 0.05) is 17.4 Å². The molecule has 1 heterocycles. The van der Waals surface area contributed by atoms with E-state index >= 15 is 0 Å². The van der Waals surface area contributed by atoms with Crippen LogP contribution in [-0.2, 0) is 14.6 Å². The summed E-state index contributed by atoms with van der Waals surface area (Å²) in [4.78, 5) is 1.36. The molecule has 0 aromatic heterocycles. The van der Waals surface area contributed by atoms with E-state index in [0.29, 0.717) is 17.9 Å². The molecule has 1 aliphatic heterocycles. The summed E-state index contributed by atoms with van der Waals surface area (Å²) in [6.45, 7) is 0.744. The lowest BCUT2D eigenvalue weighted by Gasteiger charge is -2.27. The van der Waals surface area contributed by atoms with Crippen LogP contribution < -0.4 is 0 Å². The quantitative estimate of drug-likeness (QED) is 0.856. The predicted octanol–water partition coefficient (Wildman–Crippen LogP) is 1.58. The fourth-order valence-corrected chi connectivity index (χ4v) is 4.23. The third kappa shape index (κ3) is 3.72. The summed E-state index contributed by atoms with van der Waals surface area (Å²) < 4.78 is 29.7. The van der Waals surface area contributed by atoms with Crippen LogP contribution >= 0.6 is 11.8 Å². The maximum absolute atomic E-state index is 12.3. The van der Waals surface area contributed by atoms with E-state index in [2.05, 4.69) is 0 Å². The van der Waals surface area contributed by atoms with Crippen molar-refractivity contribution in [3.63, 3.8) is 0 Å². The van der Waals surface area contributed by atoms with Crippen molar-refractivity contribution in [2.75, 3.05) is 25.2 Å². The molecule has 0 radical (unpaired) electrons. The SMILES string of the molecule is CSc1ccc(S(=O)(=O)C[C@H]2CCOC[C@H]2O)cc1. The first-order chi connectivity index (χ1) is 9.03. The molecular weight excluding hydrogens is 284 g/mol. The molecule has 6 heteroatoms. The summed E-state index contributed by atoms with van der Waals surface area (Å²) in [6.07, 6.45) is 1.85. The van der Waals surface area contributed by atoms with Crippen molar-refractivity contribution in [2.45, 2.75) is 22.3 Å². The first kappa shape index (κ1) is 14.8. The first-order valence-corrected chi connectivity index (χ1v) is 9.03. The van der Waals surface area contributed by atoms with Crippen LogP contribution in [-0.4, -0.2) is 44.9 Å². The molecule has 2 rings (SSSR count).